The molecular weight excluding hydrogens is 370 g/mol. The van der Waals surface area contributed by atoms with E-state index in [4.69, 9.17) is 4.74 Å². The number of ether oxygens (including phenoxy) is 1. The summed E-state index contributed by atoms with van der Waals surface area (Å²) in [6.45, 7) is 3.00. The molecule has 0 saturated heterocycles. The molecule has 1 aromatic carbocycles. The first-order chi connectivity index (χ1) is 14.8. The molecule has 3 heteroatoms. The predicted molar refractivity (Wildman–Crippen MR) is 129 cm³/mol. The minimum absolute atomic E-state index is 0.289. The van der Waals surface area contributed by atoms with E-state index in [1.54, 1.807) is 0 Å². The molecule has 0 fully saturated rings. The fourth-order valence-corrected chi connectivity index (χ4v) is 3.65. The first kappa shape index (κ1) is 26.3. The molecule has 0 radical (unpaired) electrons. The summed E-state index contributed by atoms with van der Waals surface area (Å²) in [5, 5.41) is 2.77. The van der Waals surface area contributed by atoms with Crippen molar-refractivity contribution in [3.05, 3.63) is 48.0 Å². The van der Waals surface area contributed by atoms with Crippen LogP contribution in [0.5, 0.6) is 0 Å². The van der Waals surface area contributed by atoms with Gasteiger partial charge >= 0.3 is 6.09 Å². The molecule has 0 aliphatic carbocycles. The van der Waals surface area contributed by atoms with Gasteiger partial charge in [-0.1, -0.05) is 93.9 Å². The van der Waals surface area contributed by atoms with E-state index in [1.807, 2.05) is 6.92 Å². The van der Waals surface area contributed by atoms with Crippen molar-refractivity contribution in [2.75, 3.05) is 13.2 Å². The number of benzene rings is 1. The highest BCUT2D eigenvalue weighted by molar-refractivity contribution is 5.66. The molecule has 1 N–H and O–H groups in total. The van der Waals surface area contributed by atoms with E-state index in [9.17, 15) is 4.79 Å². The molecule has 3 nitrogen and oxygen atoms in total. The predicted octanol–water partition coefficient (Wildman–Crippen LogP) is 7.99. The Morgan fingerprint density at radius 1 is 0.767 bits per heavy atom. The normalized spacial score (nSPS) is 11.1. The lowest BCUT2D eigenvalue weighted by Gasteiger charge is -2.04. The van der Waals surface area contributed by atoms with Crippen LogP contribution in [0.2, 0.25) is 0 Å². The molecule has 0 unspecified atom stereocenters. The summed E-state index contributed by atoms with van der Waals surface area (Å²) >= 11 is 0. The Hall–Kier alpha value is -1.77. The average molecular weight is 416 g/mol. The van der Waals surface area contributed by atoms with Gasteiger partial charge in [0.15, 0.2) is 0 Å². The number of aryl methyl sites for hydroxylation is 1. The number of carbonyl (C=O) groups is 1. The number of allylic oxidation sites excluding steroid dienone is 2. The molecule has 0 saturated carbocycles. The van der Waals surface area contributed by atoms with E-state index in [1.165, 1.54) is 95.5 Å². The number of nitrogens with one attached hydrogen (secondary N) is 1. The van der Waals surface area contributed by atoms with Gasteiger partial charge in [0.1, 0.15) is 0 Å². The van der Waals surface area contributed by atoms with Gasteiger partial charge in [-0.3, -0.25) is 0 Å². The van der Waals surface area contributed by atoms with Crippen LogP contribution in [0.1, 0.15) is 102 Å². The molecule has 0 aromatic heterocycles. The number of alkyl carbamates (subject to hydrolysis) is 1. The third kappa shape index (κ3) is 17.1. The summed E-state index contributed by atoms with van der Waals surface area (Å²) < 4.78 is 4.83. The molecule has 1 aromatic rings. The fraction of sp³-hybridized carbons (Fsp3) is 0.667. The van der Waals surface area contributed by atoms with Crippen LogP contribution in [0.3, 0.4) is 0 Å². The van der Waals surface area contributed by atoms with Crippen LogP contribution in [0.25, 0.3) is 0 Å². The zero-order valence-corrected chi connectivity index (χ0v) is 19.4. The lowest BCUT2D eigenvalue weighted by atomic mass is 10.0. The standard InChI is InChI=1S/C27H45NO2/c1-2-30-27(29)28-25-21-16-14-12-10-8-6-4-3-5-7-9-11-13-15-18-22-26-23-19-17-20-24-26/h3-4,17,19-20,23-24H,2,5-16,18,21-22,25H2,1H3,(H,28,29)/b4-3-. The maximum Gasteiger partial charge on any atom is 0.407 e. The third-order valence-corrected chi connectivity index (χ3v) is 5.44. The minimum atomic E-state index is -0.289. The number of hydrogen-bond donors (Lipinski definition) is 1. The largest absolute Gasteiger partial charge is 0.450 e. The van der Waals surface area contributed by atoms with E-state index in [0.717, 1.165) is 13.0 Å². The van der Waals surface area contributed by atoms with Crippen molar-refractivity contribution >= 4 is 6.09 Å². The van der Waals surface area contributed by atoms with Crippen LogP contribution < -0.4 is 5.32 Å². The summed E-state index contributed by atoms with van der Waals surface area (Å²) in [4.78, 5) is 11.1. The monoisotopic (exact) mass is 415 g/mol. The van der Waals surface area contributed by atoms with E-state index in [0.29, 0.717) is 6.61 Å². The van der Waals surface area contributed by atoms with Crippen molar-refractivity contribution < 1.29 is 9.53 Å². The molecule has 0 spiro atoms. The smallest absolute Gasteiger partial charge is 0.407 e. The molecule has 0 bridgehead atoms. The van der Waals surface area contributed by atoms with Gasteiger partial charge in [-0.05, 0) is 57.4 Å². The molecule has 1 rings (SSSR count). The quantitative estimate of drug-likeness (QED) is 0.184. The second kappa shape index (κ2) is 20.5. The Labute approximate surface area is 185 Å². The second-order valence-corrected chi connectivity index (χ2v) is 8.17. The van der Waals surface area contributed by atoms with Gasteiger partial charge < -0.3 is 10.1 Å². The highest BCUT2D eigenvalue weighted by atomic mass is 16.5. The lowest BCUT2D eigenvalue weighted by Crippen LogP contribution is -2.25. The van der Waals surface area contributed by atoms with E-state index >= 15 is 0 Å². The number of carbonyl (C=O) groups excluding carboxylic acids is 1. The number of rotatable bonds is 19. The summed E-state index contributed by atoms with van der Waals surface area (Å²) in [5.41, 5.74) is 1.48. The van der Waals surface area contributed by atoms with Crippen LogP contribution in [0, 0.1) is 0 Å². The molecular formula is C27H45NO2. The molecule has 0 aliphatic heterocycles. The molecule has 1 amide bonds. The van der Waals surface area contributed by atoms with Crippen molar-refractivity contribution in [2.45, 2.75) is 103 Å². The minimum Gasteiger partial charge on any atom is -0.450 e. The number of unbranched alkanes of at least 4 members (excludes halogenated alkanes) is 12. The van der Waals surface area contributed by atoms with Crippen LogP contribution in [-0.2, 0) is 11.2 Å². The first-order valence-corrected chi connectivity index (χ1v) is 12.4. The van der Waals surface area contributed by atoms with Gasteiger partial charge in [-0.25, -0.2) is 4.79 Å². The molecule has 30 heavy (non-hydrogen) atoms. The van der Waals surface area contributed by atoms with E-state index in [2.05, 4.69) is 47.8 Å². The summed E-state index contributed by atoms with van der Waals surface area (Å²) in [7, 11) is 0. The van der Waals surface area contributed by atoms with E-state index < -0.39 is 0 Å². The van der Waals surface area contributed by atoms with Gasteiger partial charge in [0.25, 0.3) is 0 Å². The zero-order valence-electron chi connectivity index (χ0n) is 19.4. The molecule has 0 aliphatic rings. The van der Waals surface area contributed by atoms with Crippen molar-refractivity contribution in [1.82, 2.24) is 5.32 Å². The zero-order chi connectivity index (χ0) is 21.5. The second-order valence-electron chi connectivity index (χ2n) is 8.17. The van der Waals surface area contributed by atoms with Crippen LogP contribution in [0.15, 0.2) is 42.5 Å². The Morgan fingerprint density at radius 3 is 1.90 bits per heavy atom. The SMILES string of the molecule is CCOC(=O)NCCCCCCCC/C=C\CCCCCCCCc1ccccc1. The first-order valence-electron chi connectivity index (χ1n) is 12.4. The Kier molecular flexibility index (Phi) is 17.9. The van der Waals surface area contributed by atoms with Crippen LogP contribution in [-0.4, -0.2) is 19.2 Å². The topological polar surface area (TPSA) is 38.3 Å². The van der Waals surface area contributed by atoms with Crippen molar-refractivity contribution in [1.29, 1.82) is 0 Å². The van der Waals surface area contributed by atoms with Crippen LogP contribution in [0.4, 0.5) is 4.79 Å². The highest BCUT2D eigenvalue weighted by Gasteiger charge is 1.98. The highest BCUT2D eigenvalue weighted by Crippen LogP contribution is 2.11. The maximum absolute atomic E-state index is 11.1. The molecule has 0 atom stereocenters. The summed E-state index contributed by atoms with van der Waals surface area (Å²) in [6, 6.07) is 10.8. The molecule has 170 valence electrons. The number of amides is 1. The summed E-state index contributed by atoms with van der Waals surface area (Å²) in [6.07, 6.45) is 23.8. The van der Waals surface area contributed by atoms with Gasteiger partial charge in [0, 0.05) is 6.54 Å². The molecule has 0 heterocycles. The van der Waals surface area contributed by atoms with Gasteiger partial charge in [-0.15, -0.1) is 0 Å². The third-order valence-electron chi connectivity index (χ3n) is 5.44. The van der Waals surface area contributed by atoms with Crippen molar-refractivity contribution in [2.24, 2.45) is 0 Å². The Balaban J connectivity index is 1.73. The Bertz CT molecular complexity index is 527. The maximum atomic E-state index is 11.1. The number of hydrogen-bond acceptors (Lipinski definition) is 2. The van der Waals surface area contributed by atoms with Crippen molar-refractivity contribution in [3.8, 4) is 0 Å². The van der Waals surface area contributed by atoms with Gasteiger partial charge in [0.05, 0.1) is 6.61 Å². The van der Waals surface area contributed by atoms with Crippen LogP contribution >= 0.6 is 0 Å². The van der Waals surface area contributed by atoms with Gasteiger partial charge in [0.2, 0.25) is 0 Å². The van der Waals surface area contributed by atoms with Gasteiger partial charge in [-0.2, -0.15) is 0 Å². The Morgan fingerprint density at radius 2 is 1.30 bits per heavy atom. The lowest BCUT2D eigenvalue weighted by molar-refractivity contribution is 0.152. The summed E-state index contributed by atoms with van der Waals surface area (Å²) in [5.74, 6) is 0. The fourth-order valence-electron chi connectivity index (χ4n) is 3.65. The van der Waals surface area contributed by atoms with Crippen molar-refractivity contribution in [3.63, 3.8) is 0 Å². The van der Waals surface area contributed by atoms with E-state index in [-0.39, 0.29) is 6.09 Å². The average Bonchev–Trinajstić information content (AvgIpc) is 2.76.